The van der Waals surface area contributed by atoms with Crippen molar-refractivity contribution in [3.05, 3.63) is 12.3 Å². The third-order valence-electron chi connectivity index (χ3n) is 2.01. The van der Waals surface area contributed by atoms with Crippen molar-refractivity contribution in [3.63, 3.8) is 0 Å². The smallest absolute Gasteiger partial charge is 0.0785 e. The van der Waals surface area contributed by atoms with Gasteiger partial charge in [-0.1, -0.05) is 20.4 Å². The highest BCUT2D eigenvalue weighted by Gasteiger charge is 2.21. The fraction of sp³-hybridized carbons (Fsp3) is 0.778. The van der Waals surface area contributed by atoms with Gasteiger partial charge >= 0.3 is 0 Å². The topological polar surface area (TPSA) is 90.1 Å². The van der Waals surface area contributed by atoms with Gasteiger partial charge in [-0.25, -0.2) is 0 Å². The van der Waals surface area contributed by atoms with E-state index in [9.17, 15) is 0 Å². The van der Waals surface area contributed by atoms with Crippen LogP contribution in [0.3, 0.4) is 0 Å². The van der Waals surface area contributed by atoms with E-state index in [1.165, 1.54) is 0 Å². The summed E-state index contributed by atoms with van der Waals surface area (Å²) in [6.07, 6.45) is 0. The minimum Gasteiger partial charge on any atom is -0.385 e. The molecule has 0 aromatic heterocycles. The van der Waals surface area contributed by atoms with Crippen LogP contribution in [0, 0.1) is 5.41 Å². The van der Waals surface area contributed by atoms with Gasteiger partial charge in [-0.2, -0.15) is 0 Å². The molecule has 0 spiro atoms. The molecule has 0 aliphatic heterocycles. The molecule has 0 amide bonds. The van der Waals surface area contributed by atoms with Crippen molar-refractivity contribution >= 4 is 0 Å². The van der Waals surface area contributed by atoms with Crippen LogP contribution >= 0.6 is 0 Å². The Morgan fingerprint density at radius 3 is 2.08 bits per heavy atom. The van der Waals surface area contributed by atoms with Crippen molar-refractivity contribution in [1.82, 2.24) is 5.32 Å². The molecule has 7 N–H and O–H groups in total. The SMILES string of the molecule is C=C(NCC(C)(N)N)C(C)(C)CN. The molecule has 0 aromatic rings. The first kappa shape index (κ1) is 12.4. The van der Waals surface area contributed by atoms with E-state index >= 15 is 0 Å². The lowest BCUT2D eigenvalue weighted by Gasteiger charge is -2.29. The lowest BCUT2D eigenvalue weighted by molar-refractivity contribution is 0.392. The van der Waals surface area contributed by atoms with Crippen LogP contribution in [0.15, 0.2) is 12.3 Å². The summed E-state index contributed by atoms with van der Waals surface area (Å²) in [5.41, 5.74) is 16.8. The Morgan fingerprint density at radius 1 is 1.31 bits per heavy atom. The summed E-state index contributed by atoms with van der Waals surface area (Å²) in [5.74, 6) is 0. The van der Waals surface area contributed by atoms with Crippen molar-refractivity contribution in [3.8, 4) is 0 Å². The first-order valence-electron chi connectivity index (χ1n) is 4.40. The summed E-state index contributed by atoms with van der Waals surface area (Å²) in [4.78, 5) is 0. The molecule has 0 heterocycles. The van der Waals surface area contributed by atoms with Crippen LogP contribution in [0.4, 0.5) is 0 Å². The standard InChI is InChI=1S/C9H22N4/c1-7(8(2,3)5-10)13-6-9(4,11)12/h13H,1,5-6,10-12H2,2-4H3. The Labute approximate surface area is 80.5 Å². The largest absolute Gasteiger partial charge is 0.385 e. The van der Waals surface area contributed by atoms with Crippen LogP contribution in [-0.4, -0.2) is 18.8 Å². The number of nitrogens with one attached hydrogen (secondary N) is 1. The highest BCUT2D eigenvalue weighted by molar-refractivity contribution is 5.06. The van der Waals surface area contributed by atoms with Gasteiger partial charge in [-0.3, -0.25) is 0 Å². The lowest BCUT2D eigenvalue weighted by Crippen LogP contribution is -2.54. The molecule has 0 fully saturated rings. The van der Waals surface area contributed by atoms with E-state index in [0.29, 0.717) is 13.1 Å². The van der Waals surface area contributed by atoms with Crippen molar-refractivity contribution in [1.29, 1.82) is 0 Å². The second-order valence-corrected chi connectivity index (χ2v) is 4.43. The molecule has 0 atom stereocenters. The fourth-order valence-corrected chi connectivity index (χ4v) is 0.660. The van der Waals surface area contributed by atoms with Crippen molar-refractivity contribution in [2.75, 3.05) is 13.1 Å². The van der Waals surface area contributed by atoms with E-state index in [1.807, 2.05) is 13.8 Å². The van der Waals surface area contributed by atoms with Crippen LogP contribution < -0.4 is 22.5 Å². The molecule has 0 saturated carbocycles. The van der Waals surface area contributed by atoms with E-state index < -0.39 is 5.66 Å². The van der Waals surface area contributed by atoms with Gasteiger partial charge in [-0.05, 0) is 6.92 Å². The fourth-order valence-electron chi connectivity index (χ4n) is 0.660. The van der Waals surface area contributed by atoms with Gasteiger partial charge in [0.1, 0.15) is 0 Å². The van der Waals surface area contributed by atoms with Gasteiger partial charge in [-0.15, -0.1) is 0 Å². The average Bonchev–Trinajstić information content (AvgIpc) is 1.98. The lowest BCUT2D eigenvalue weighted by atomic mass is 9.90. The Hall–Kier alpha value is -0.580. The second-order valence-electron chi connectivity index (χ2n) is 4.43. The average molecular weight is 186 g/mol. The van der Waals surface area contributed by atoms with Crippen molar-refractivity contribution in [2.24, 2.45) is 22.6 Å². The molecule has 0 saturated heterocycles. The Bertz CT molecular complexity index is 179. The minimum atomic E-state index is -0.715. The Morgan fingerprint density at radius 2 is 1.77 bits per heavy atom. The summed E-state index contributed by atoms with van der Waals surface area (Å²) in [6.45, 7) is 10.7. The molecule has 4 heteroatoms. The van der Waals surface area contributed by atoms with Crippen LogP contribution in [0.2, 0.25) is 0 Å². The highest BCUT2D eigenvalue weighted by atomic mass is 15.0. The molecule has 4 nitrogen and oxygen atoms in total. The van der Waals surface area contributed by atoms with Crippen LogP contribution in [-0.2, 0) is 0 Å². The minimum absolute atomic E-state index is 0.120. The monoisotopic (exact) mass is 186 g/mol. The van der Waals surface area contributed by atoms with Gasteiger partial charge < -0.3 is 22.5 Å². The highest BCUT2D eigenvalue weighted by Crippen LogP contribution is 2.20. The molecule has 0 aliphatic carbocycles. The van der Waals surface area contributed by atoms with Gasteiger partial charge in [0, 0.05) is 24.2 Å². The number of rotatable bonds is 5. The van der Waals surface area contributed by atoms with E-state index in [4.69, 9.17) is 17.2 Å². The summed E-state index contributed by atoms with van der Waals surface area (Å²) >= 11 is 0. The van der Waals surface area contributed by atoms with Crippen LogP contribution in [0.1, 0.15) is 20.8 Å². The summed E-state index contributed by atoms with van der Waals surface area (Å²) in [6, 6.07) is 0. The third kappa shape index (κ3) is 4.87. The van der Waals surface area contributed by atoms with Gasteiger partial charge in [0.2, 0.25) is 0 Å². The number of hydrogen-bond acceptors (Lipinski definition) is 4. The van der Waals surface area contributed by atoms with E-state index in [1.54, 1.807) is 6.92 Å². The first-order valence-corrected chi connectivity index (χ1v) is 4.40. The quantitative estimate of drug-likeness (QED) is 0.444. The molecule has 78 valence electrons. The normalized spacial score (nSPS) is 12.8. The summed E-state index contributed by atoms with van der Waals surface area (Å²) in [5, 5.41) is 3.09. The second kappa shape index (κ2) is 4.09. The Kier molecular flexibility index (Phi) is 3.90. The maximum Gasteiger partial charge on any atom is 0.0785 e. The number of nitrogens with two attached hydrogens (primary N) is 3. The van der Waals surface area contributed by atoms with Gasteiger partial charge in [0.15, 0.2) is 0 Å². The zero-order chi connectivity index (χ0) is 10.7. The third-order valence-corrected chi connectivity index (χ3v) is 2.01. The van der Waals surface area contributed by atoms with Crippen LogP contribution in [0.5, 0.6) is 0 Å². The van der Waals surface area contributed by atoms with Crippen LogP contribution in [0.25, 0.3) is 0 Å². The predicted molar refractivity (Wildman–Crippen MR) is 56.8 cm³/mol. The molecular formula is C9H22N4. The summed E-state index contributed by atoms with van der Waals surface area (Å²) < 4.78 is 0. The van der Waals surface area contributed by atoms with E-state index in [-0.39, 0.29) is 5.41 Å². The zero-order valence-corrected chi connectivity index (χ0v) is 8.85. The molecule has 0 radical (unpaired) electrons. The van der Waals surface area contributed by atoms with E-state index in [0.717, 1.165) is 5.70 Å². The maximum absolute atomic E-state index is 5.61. The van der Waals surface area contributed by atoms with Crippen molar-refractivity contribution in [2.45, 2.75) is 26.4 Å². The zero-order valence-electron chi connectivity index (χ0n) is 8.85. The molecule has 0 aromatic carbocycles. The molecule has 13 heavy (non-hydrogen) atoms. The molecule has 0 bridgehead atoms. The predicted octanol–water partition coefficient (Wildman–Crippen LogP) is -0.292. The van der Waals surface area contributed by atoms with Gasteiger partial charge in [0.25, 0.3) is 0 Å². The van der Waals surface area contributed by atoms with Crippen molar-refractivity contribution < 1.29 is 0 Å². The molecule has 0 unspecified atom stereocenters. The maximum atomic E-state index is 5.61. The molecule has 0 rings (SSSR count). The summed E-state index contributed by atoms with van der Waals surface area (Å²) in [7, 11) is 0. The van der Waals surface area contributed by atoms with Gasteiger partial charge in [0.05, 0.1) is 5.66 Å². The Balaban J connectivity index is 4.03. The number of hydrogen-bond donors (Lipinski definition) is 4. The first-order chi connectivity index (χ1) is 5.69. The molecule has 0 aliphatic rings. The van der Waals surface area contributed by atoms with E-state index in [2.05, 4.69) is 11.9 Å². The molecular weight excluding hydrogens is 164 g/mol.